The third-order valence-electron chi connectivity index (χ3n) is 4.26. The van der Waals surface area contributed by atoms with Crippen LogP contribution in [-0.4, -0.2) is 43.0 Å². The van der Waals surface area contributed by atoms with E-state index < -0.39 is 9.84 Å². The van der Waals surface area contributed by atoms with Gasteiger partial charge in [0.25, 0.3) is 0 Å². The molecule has 2 heterocycles. The summed E-state index contributed by atoms with van der Waals surface area (Å²) in [7, 11) is -2.92. The fourth-order valence-corrected chi connectivity index (χ4v) is 4.14. The highest BCUT2D eigenvalue weighted by Crippen LogP contribution is 2.28. The first-order chi connectivity index (χ1) is 11.6. The van der Waals surface area contributed by atoms with Gasteiger partial charge in [0.15, 0.2) is 15.7 Å². The number of aromatic nitrogens is 2. The van der Waals surface area contributed by atoms with E-state index in [-0.39, 0.29) is 11.5 Å². The summed E-state index contributed by atoms with van der Waals surface area (Å²) in [6.45, 7) is 0.940. The van der Waals surface area contributed by atoms with Crippen LogP contribution >= 0.6 is 0 Å². The van der Waals surface area contributed by atoms with Gasteiger partial charge in [0.05, 0.1) is 17.0 Å². The van der Waals surface area contributed by atoms with Crippen LogP contribution in [0.1, 0.15) is 0 Å². The summed E-state index contributed by atoms with van der Waals surface area (Å²) in [4.78, 5) is 11.5. The Labute approximate surface area is 140 Å². The topological polar surface area (TPSA) is 63.2 Å². The predicted molar refractivity (Wildman–Crippen MR) is 95.8 cm³/mol. The largest absolute Gasteiger partial charge is 0.354 e. The van der Waals surface area contributed by atoms with Crippen molar-refractivity contribution >= 4 is 26.6 Å². The molecule has 2 aromatic carbocycles. The standard InChI is InChI=1S/C18H17N3O2S/c22-24(23)12-10-21(11-13-24)18-15-8-4-5-9-16(15)19-17(20-18)14-6-2-1-3-7-14/h1-9H,10-13H2. The van der Waals surface area contributed by atoms with Crippen LogP contribution in [-0.2, 0) is 9.84 Å². The molecular formula is C18H17N3O2S. The van der Waals surface area contributed by atoms with E-state index in [1.165, 1.54) is 0 Å². The molecule has 1 aromatic heterocycles. The first kappa shape index (κ1) is 15.1. The van der Waals surface area contributed by atoms with Gasteiger partial charge in [0.2, 0.25) is 0 Å². The number of rotatable bonds is 2. The molecule has 6 heteroatoms. The van der Waals surface area contributed by atoms with Crippen LogP contribution in [0.3, 0.4) is 0 Å². The quantitative estimate of drug-likeness (QED) is 0.718. The minimum absolute atomic E-state index is 0.173. The molecule has 3 aromatic rings. The van der Waals surface area contributed by atoms with E-state index in [0.29, 0.717) is 18.9 Å². The van der Waals surface area contributed by atoms with Crippen molar-refractivity contribution in [2.75, 3.05) is 29.5 Å². The summed E-state index contributed by atoms with van der Waals surface area (Å²) >= 11 is 0. The molecule has 24 heavy (non-hydrogen) atoms. The molecule has 0 spiro atoms. The van der Waals surface area contributed by atoms with E-state index in [4.69, 9.17) is 4.98 Å². The van der Waals surface area contributed by atoms with Gasteiger partial charge < -0.3 is 4.90 Å². The lowest BCUT2D eigenvalue weighted by atomic mass is 10.1. The van der Waals surface area contributed by atoms with Crippen molar-refractivity contribution in [2.45, 2.75) is 0 Å². The molecule has 1 fully saturated rings. The first-order valence-corrected chi connectivity index (χ1v) is 9.72. The fraction of sp³-hybridized carbons (Fsp3) is 0.222. The molecule has 0 atom stereocenters. The van der Waals surface area contributed by atoms with Crippen molar-refractivity contribution < 1.29 is 8.42 Å². The van der Waals surface area contributed by atoms with Crippen LogP contribution < -0.4 is 4.90 Å². The Bertz CT molecular complexity index is 974. The molecule has 1 saturated heterocycles. The maximum absolute atomic E-state index is 11.7. The molecular weight excluding hydrogens is 322 g/mol. The summed E-state index contributed by atoms with van der Waals surface area (Å²) in [5, 5.41) is 0.955. The monoisotopic (exact) mass is 339 g/mol. The van der Waals surface area contributed by atoms with E-state index in [0.717, 1.165) is 22.3 Å². The summed E-state index contributed by atoms with van der Waals surface area (Å²) < 4.78 is 23.4. The Morgan fingerprint density at radius 1 is 0.833 bits per heavy atom. The second kappa shape index (κ2) is 5.87. The summed E-state index contributed by atoms with van der Waals surface area (Å²) in [5.41, 5.74) is 1.82. The van der Waals surface area contributed by atoms with E-state index in [2.05, 4.69) is 9.88 Å². The number of anilines is 1. The lowest BCUT2D eigenvalue weighted by molar-refractivity contribution is 0.586. The number of nitrogens with zero attached hydrogens (tertiary/aromatic N) is 3. The Hall–Kier alpha value is -2.47. The zero-order valence-electron chi connectivity index (χ0n) is 13.1. The molecule has 1 aliphatic rings. The molecule has 0 unspecified atom stereocenters. The van der Waals surface area contributed by atoms with Gasteiger partial charge in [-0.2, -0.15) is 0 Å². The Morgan fingerprint density at radius 2 is 1.50 bits per heavy atom. The van der Waals surface area contributed by atoms with Gasteiger partial charge in [-0.15, -0.1) is 0 Å². The Kier molecular flexibility index (Phi) is 3.69. The number of hydrogen-bond donors (Lipinski definition) is 0. The van der Waals surface area contributed by atoms with Crippen molar-refractivity contribution in [3.63, 3.8) is 0 Å². The maximum atomic E-state index is 11.7. The molecule has 4 rings (SSSR count). The Balaban J connectivity index is 1.84. The molecule has 1 aliphatic heterocycles. The van der Waals surface area contributed by atoms with Gasteiger partial charge in [-0.3, -0.25) is 0 Å². The van der Waals surface area contributed by atoms with Gasteiger partial charge in [0, 0.05) is 24.0 Å². The molecule has 0 N–H and O–H groups in total. The van der Waals surface area contributed by atoms with Crippen molar-refractivity contribution in [1.82, 2.24) is 9.97 Å². The van der Waals surface area contributed by atoms with Crippen LogP contribution in [0.5, 0.6) is 0 Å². The smallest absolute Gasteiger partial charge is 0.162 e. The van der Waals surface area contributed by atoms with Crippen LogP contribution in [0.15, 0.2) is 54.6 Å². The van der Waals surface area contributed by atoms with Crippen LogP contribution in [0, 0.1) is 0 Å². The zero-order valence-corrected chi connectivity index (χ0v) is 13.9. The Morgan fingerprint density at radius 3 is 2.25 bits per heavy atom. The molecule has 122 valence electrons. The SMILES string of the molecule is O=S1(=O)CCN(c2nc(-c3ccccc3)nc3ccccc23)CC1. The molecule has 0 saturated carbocycles. The number of sulfone groups is 1. The van der Waals surface area contributed by atoms with Crippen molar-refractivity contribution in [1.29, 1.82) is 0 Å². The second-order valence-electron chi connectivity index (χ2n) is 5.89. The number of hydrogen-bond acceptors (Lipinski definition) is 5. The minimum Gasteiger partial charge on any atom is -0.354 e. The number of benzene rings is 2. The lowest BCUT2D eigenvalue weighted by Crippen LogP contribution is -2.40. The van der Waals surface area contributed by atoms with E-state index >= 15 is 0 Å². The average molecular weight is 339 g/mol. The van der Waals surface area contributed by atoms with Crippen molar-refractivity contribution in [2.24, 2.45) is 0 Å². The molecule has 0 aliphatic carbocycles. The summed E-state index contributed by atoms with van der Waals surface area (Å²) in [5.74, 6) is 1.82. The molecule has 5 nitrogen and oxygen atoms in total. The number of para-hydroxylation sites is 1. The van der Waals surface area contributed by atoms with Gasteiger partial charge in [0.1, 0.15) is 5.82 Å². The van der Waals surface area contributed by atoms with E-state index in [1.807, 2.05) is 54.6 Å². The minimum atomic E-state index is -2.92. The number of fused-ring (bicyclic) bond motifs is 1. The lowest BCUT2D eigenvalue weighted by Gasteiger charge is -2.28. The second-order valence-corrected chi connectivity index (χ2v) is 8.20. The van der Waals surface area contributed by atoms with Gasteiger partial charge in [-0.05, 0) is 12.1 Å². The highest BCUT2D eigenvalue weighted by atomic mass is 32.2. The summed E-state index contributed by atoms with van der Waals surface area (Å²) in [6.07, 6.45) is 0. The highest BCUT2D eigenvalue weighted by Gasteiger charge is 2.24. The normalized spacial score (nSPS) is 17.1. The third-order valence-corrected chi connectivity index (χ3v) is 5.87. The zero-order chi connectivity index (χ0) is 16.6. The molecule has 0 bridgehead atoms. The van der Waals surface area contributed by atoms with Crippen LogP contribution in [0.4, 0.5) is 5.82 Å². The van der Waals surface area contributed by atoms with Gasteiger partial charge in [-0.25, -0.2) is 18.4 Å². The average Bonchev–Trinajstić information content (AvgIpc) is 2.62. The van der Waals surface area contributed by atoms with Gasteiger partial charge >= 0.3 is 0 Å². The van der Waals surface area contributed by atoms with E-state index in [1.54, 1.807) is 0 Å². The first-order valence-electron chi connectivity index (χ1n) is 7.90. The van der Waals surface area contributed by atoms with Crippen LogP contribution in [0.2, 0.25) is 0 Å². The highest BCUT2D eigenvalue weighted by molar-refractivity contribution is 7.91. The third kappa shape index (κ3) is 2.85. The summed E-state index contributed by atoms with van der Waals surface area (Å²) in [6, 6.07) is 17.7. The molecule has 0 amide bonds. The van der Waals surface area contributed by atoms with Crippen LogP contribution in [0.25, 0.3) is 22.3 Å². The van der Waals surface area contributed by atoms with Gasteiger partial charge in [-0.1, -0.05) is 42.5 Å². The maximum Gasteiger partial charge on any atom is 0.162 e. The fourth-order valence-electron chi connectivity index (χ4n) is 2.94. The van der Waals surface area contributed by atoms with Crippen molar-refractivity contribution in [3.8, 4) is 11.4 Å². The molecule has 0 radical (unpaired) electrons. The van der Waals surface area contributed by atoms with E-state index in [9.17, 15) is 8.42 Å². The van der Waals surface area contributed by atoms with Crippen molar-refractivity contribution in [3.05, 3.63) is 54.6 Å². The predicted octanol–water partition coefficient (Wildman–Crippen LogP) is 2.53.